The Bertz CT molecular complexity index is 96.9. The summed E-state index contributed by atoms with van der Waals surface area (Å²) in [5.41, 5.74) is 0. The predicted molar refractivity (Wildman–Crippen MR) is 44.8 cm³/mol. The molecule has 60 valence electrons. The van der Waals surface area contributed by atoms with Crippen molar-refractivity contribution in [1.82, 2.24) is 0 Å². The highest BCUT2D eigenvalue weighted by Gasteiger charge is 2.15. The molecule has 0 heterocycles. The SMILES string of the molecule is C=CC[C@@H](O)[C@@H](C)C(C)C. The molecule has 0 unspecified atom stereocenters. The second kappa shape index (κ2) is 4.51. The Morgan fingerprint density at radius 2 is 1.90 bits per heavy atom. The van der Waals surface area contributed by atoms with Gasteiger partial charge in [0.15, 0.2) is 0 Å². The maximum atomic E-state index is 9.42. The molecular weight excluding hydrogens is 124 g/mol. The van der Waals surface area contributed by atoms with Gasteiger partial charge in [0.25, 0.3) is 0 Å². The summed E-state index contributed by atoms with van der Waals surface area (Å²) in [5.74, 6) is 0.924. The van der Waals surface area contributed by atoms with Crippen LogP contribution in [0.3, 0.4) is 0 Å². The van der Waals surface area contributed by atoms with E-state index < -0.39 is 0 Å². The molecule has 0 aromatic carbocycles. The number of aliphatic hydroxyl groups excluding tert-OH is 1. The Hall–Kier alpha value is -0.300. The van der Waals surface area contributed by atoms with Crippen molar-refractivity contribution in [3.63, 3.8) is 0 Å². The van der Waals surface area contributed by atoms with Crippen LogP contribution in [-0.4, -0.2) is 11.2 Å². The van der Waals surface area contributed by atoms with Crippen molar-refractivity contribution >= 4 is 0 Å². The largest absolute Gasteiger partial charge is 0.393 e. The molecule has 0 bridgehead atoms. The fourth-order valence-electron chi connectivity index (χ4n) is 0.830. The lowest BCUT2D eigenvalue weighted by atomic mass is 9.91. The van der Waals surface area contributed by atoms with Crippen molar-refractivity contribution < 1.29 is 5.11 Å². The predicted octanol–water partition coefficient (Wildman–Crippen LogP) is 2.22. The maximum absolute atomic E-state index is 9.42. The molecule has 0 aliphatic rings. The summed E-state index contributed by atoms with van der Waals surface area (Å²) in [4.78, 5) is 0. The van der Waals surface area contributed by atoms with Crippen molar-refractivity contribution in [3.05, 3.63) is 12.7 Å². The van der Waals surface area contributed by atoms with Crippen LogP contribution in [0.25, 0.3) is 0 Å². The summed E-state index contributed by atoms with van der Waals surface area (Å²) in [5, 5.41) is 9.42. The zero-order valence-electron chi connectivity index (χ0n) is 7.17. The van der Waals surface area contributed by atoms with Gasteiger partial charge < -0.3 is 5.11 Å². The molecule has 10 heavy (non-hydrogen) atoms. The third kappa shape index (κ3) is 3.02. The van der Waals surface area contributed by atoms with Gasteiger partial charge in [0.2, 0.25) is 0 Å². The Morgan fingerprint density at radius 1 is 1.40 bits per heavy atom. The lowest BCUT2D eigenvalue weighted by Gasteiger charge is -2.20. The van der Waals surface area contributed by atoms with Gasteiger partial charge in [-0.15, -0.1) is 6.58 Å². The van der Waals surface area contributed by atoms with Gasteiger partial charge in [-0.05, 0) is 18.3 Å². The summed E-state index contributed by atoms with van der Waals surface area (Å²) < 4.78 is 0. The lowest BCUT2D eigenvalue weighted by molar-refractivity contribution is 0.0946. The molecule has 1 N–H and O–H groups in total. The van der Waals surface area contributed by atoms with Crippen LogP contribution in [-0.2, 0) is 0 Å². The van der Waals surface area contributed by atoms with Crippen molar-refractivity contribution in [2.75, 3.05) is 0 Å². The van der Waals surface area contributed by atoms with E-state index in [4.69, 9.17) is 0 Å². The van der Waals surface area contributed by atoms with Gasteiger partial charge in [0.05, 0.1) is 6.10 Å². The van der Waals surface area contributed by atoms with Gasteiger partial charge in [-0.25, -0.2) is 0 Å². The topological polar surface area (TPSA) is 20.2 Å². The number of rotatable bonds is 4. The van der Waals surface area contributed by atoms with Gasteiger partial charge in [-0.3, -0.25) is 0 Å². The van der Waals surface area contributed by atoms with Gasteiger partial charge >= 0.3 is 0 Å². The molecule has 1 nitrogen and oxygen atoms in total. The van der Waals surface area contributed by atoms with Crippen LogP contribution < -0.4 is 0 Å². The normalized spacial score (nSPS) is 16.9. The molecule has 0 fully saturated rings. The van der Waals surface area contributed by atoms with Crippen LogP contribution >= 0.6 is 0 Å². The van der Waals surface area contributed by atoms with E-state index in [1.807, 2.05) is 0 Å². The van der Waals surface area contributed by atoms with Gasteiger partial charge in [0, 0.05) is 0 Å². The molecule has 0 aliphatic carbocycles. The first-order valence-electron chi connectivity index (χ1n) is 3.88. The molecule has 0 aromatic heterocycles. The van der Waals surface area contributed by atoms with Crippen LogP contribution in [0.15, 0.2) is 12.7 Å². The molecule has 0 aliphatic heterocycles. The monoisotopic (exact) mass is 142 g/mol. The van der Waals surface area contributed by atoms with E-state index in [2.05, 4.69) is 27.4 Å². The zero-order chi connectivity index (χ0) is 8.15. The number of aliphatic hydroxyl groups is 1. The molecule has 0 amide bonds. The van der Waals surface area contributed by atoms with Crippen molar-refractivity contribution in [2.45, 2.75) is 33.3 Å². The lowest BCUT2D eigenvalue weighted by Crippen LogP contribution is -2.21. The van der Waals surface area contributed by atoms with E-state index in [9.17, 15) is 5.11 Å². The minimum absolute atomic E-state index is 0.211. The summed E-state index contributed by atoms with van der Waals surface area (Å²) in [6.45, 7) is 9.89. The summed E-state index contributed by atoms with van der Waals surface area (Å²) in [6.07, 6.45) is 2.26. The van der Waals surface area contributed by atoms with E-state index in [-0.39, 0.29) is 6.10 Å². The van der Waals surface area contributed by atoms with Crippen molar-refractivity contribution in [2.24, 2.45) is 11.8 Å². The third-order valence-electron chi connectivity index (χ3n) is 2.07. The maximum Gasteiger partial charge on any atom is 0.0602 e. The first kappa shape index (κ1) is 9.70. The second-order valence-electron chi connectivity index (χ2n) is 3.19. The molecule has 0 saturated carbocycles. The van der Waals surface area contributed by atoms with Crippen molar-refractivity contribution in [3.8, 4) is 0 Å². The zero-order valence-corrected chi connectivity index (χ0v) is 7.17. The minimum Gasteiger partial charge on any atom is -0.393 e. The van der Waals surface area contributed by atoms with Crippen LogP contribution in [0.2, 0.25) is 0 Å². The average molecular weight is 142 g/mol. The quantitative estimate of drug-likeness (QED) is 0.597. The highest BCUT2D eigenvalue weighted by molar-refractivity contribution is 4.76. The van der Waals surface area contributed by atoms with Gasteiger partial charge in [-0.2, -0.15) is 0 Å². The first-order chi connectivity index (χ1) is 4.59. The molecule has 0 saturated heterocycles. The Morgan fingerprint density at radius 3 is 2.20 bits per heavy atom. The fourth-order valence-corrected chi connectivity index (χ4v) is 0.830. The van der Waals surface area contributed by atoms with E-state index in [0.717, 1.165) is 0 Å². The molecule has 0 spiro atoms. The molecule has 2 atom stereocenters. The Balaban J connectivity index is 3.68. The highest BCUT2D eigenvalue weighted by Crippen LogP contribution is 2.16. The average Bonchev–Trinajstić information content (AvgIpc) is 1.87. The van der Waals surface area contributed by atoms with Crippen LogP contribution in [0.4, 0.5) is 0 Å². The smallest absolute Gasteiger partial charge is 0.0602 e. The highest BCUT2D eigenvalue weighted by atomic mass is 16.3. The molecule has 0 rings (SSSR count). The van der Waals surface area contributed by atoms with Crippen LogP contribution in [0.1, 0.15) is 27.2 Å². The Labute approximate surface area is 63.8 Å². The van der Waals surface area contributed by atoms with Gasteiger partial charge in [-0.1, -0.05) is 26.8 Å². The van der Waals surface area contributed by atoms with Gasteiger partial charge in [0.1, 0.15) is 0 Å². The minimum atomic E-state index is -0.211. The summed E-state index contributed by atoms with van der Waals surface area (Å²) in [7, 11) is 0. The third-order valence-corrected chi connectivity index (χ3v) is 2.07. The van der Waals surface area contributed by atoms with E-state index >= 15 is 0 Å². The van der Waals surface area contributed by atoms with E-state index in [1.165, 1.54) is 0 Å². The fraction of sp³-hybridized carbons (Fsp3) is 0.778. The molecule has 0 radical (unpaired) electrons. The summed E-state index contributed by atoms with van der Waals surface area (Å²) >= 11 is 0. The molecular formula is C9H18O. The first-order valence-corrected chi connectivity index (χ1v) is 3.88. The van der Waals surface area contributed by atoms with E-state index in [1.54, 1.807) is 6.08 Å². The molecule has 0 aromatic rings. The van der Waals surface area contributed by atoms with Crippen molar-refractivity contribution in [1.29, 1.82) is 0 Å². The summed E-state index contributed by atoms with van der Waals surface area (Å²) in [6, 6.07) is 0. The van der Waals surface area contributed by atoms with E-state index in [0.29, 0.717) is 18.3 Å². The Kier molecular flexibility index (Phi) is 4.37. The van der Waals surface area contributed by atoms with Crippen LogP contribution in [0, 0.1) is 11.8 Å². The standard InChI is InChI=1S/C9H18O/c1-5-6-9(10)8(4)7(2)3/h5,7-10H,1,6H2,2-4H3/t8-,9+/m0/s1. The number of hydrogen-bond donors (Lipinski definition) is 1. The number of hydrogen-bond acceptors (Lipinski definition) is 1. The molecule has 1 heteroatoms. The van der Waals surface area contributed by atoms with Crippen LogP contribution in [0.5, 0.6) is 0 Å². The second-order valence-corrected chi connectivity index (χ2v) is 3.19.